The predicted octanol–water partition coefficient (Wildman–Crippen LogP) is 3.48. The molecule has 0 saturated heterocycles. The molecule has 1 aromatic heterocycles. The second-order valence-corrected chi connectivity index (χ2v) is 5.22. The van der Waals surface area contributed by atoms with Gasteiger partial charge in [-0.15, -0.1) is 0 Å². The molecule has 1 amide bonds. The monoisotopic (exact) mass is 379 g/mol. The largest absolute Gasteiger partial charge is 0.464 e. The van der Waals surface area contributed by atoms with Gasteiger partial charge < -0.3 is 13.9 Å². The number of rotatable bonds is 5. The molecule has 7 heteroatoms. The summed E-state index contributed by atoms with van der Waals surface area (Å²) < 4.78 is 15.5. The fraction of sp³-hybridized carbons (Fsp3) is 0.125. The highest BCUT2D eigenvalue weighted by Gasteiger charge is 2.16. The van der Waals surface area contributed by atoms with Crippen LogP contribution in [0.3, 0.4) is 0 Å². The molecule has 2 aromatic rings. The lowest BCUT2D eigenvalue weighted by atomic mass is 10.2. The number of carbonyl (C=O) groups is 2. The van der Waals surface area contributed by atoms with E-state index in [0.717, 1.165) is 5.56 Å². The number of halogens is 1. The molecular weight excluding hydrogens is 366 g/mol. The first-order valence-electron chi connectivity index (χ1n) is 6.61. The third kappa shape index (κ3) is 5.00. The standard InChI is InChI=1S/C16H14BrNO5/c1-21-15(19)13(9-14-12(17)7-8-22-14)18-16(20)23-10-11-5-3-2-4-6-11/h2-9H,10H2,1H3,(H,18,20)/b13-9-. The zero-order valence-electron chi connectivity index (χ0n) is 12.2. The quantitative estimate of drug-likeness (QED) is 0.635. The van der Waals surface area contributed by atoms with E-state index >= 15 is 0 Å². The van der Waals surface area contributed by atoms with Crippen LogP contribution in [0, 0.1) is 0 Å². The summed E-state index contributed by atoms with van der Waals surface area (Å²) >= 11 is 3.26. The van der Waals surface area contributed by atoms with E-state index in [0.29, 0.717) is 10.2 Å². The van der Waals surface area contributed by atoms with E-state index in [2.05, 4.69) is 26.0 Å². The van der Waals surface area contributed by atoms with Gasteiger partial charge in [0, 0.05) is 6.08 Å². The number of amides is 1. The van der Waals surface area contributed by atoms with Gasteiger partial charge in [0.1, 0.15) is 18.1 Å². The summed E-state index contributed by atoms with van der Waals surface area (Å²) in [5.41, 5.74) is 0.737. The minimum atomic E-state index is -0.770. The number of carbonyl (C=O) groups excluding carboxylic acids is 2. The van der Waals surface area contributed by atoms with Gasteiger partial charge in [0.25, 0.3) is 0 Å². The van der Waals surface area contributed by atoms with Gasteiger partial charge in [-0.3, -0.25) is 5.32 Å². The van der Waals surface area contributed by atoms with Crippen LogP contribution in [-0.2, 0) is 20.9 Å². The Balaban J connectivity index is 2.03. The number of benzene rings is 1. The number of alkyl carbamates (subject to hydrolysis) is 1. The summed E-state index contributed by atoms with van der Waals surface area (Å²) in [6.07, 6.45) is 2.02. The summed E-state index contributed by atoms with van der Waals surface area (Å²) in [5, 5.41) is 2.35. The summed E-state index contributed by atoms with van der Waals surface area (Å²) in [6, 6.07) is 10.8. The van der Waals surface area contributed by atoms with Crippen molar-refractivity contribution in [3.8, 4) is 0 Å². The minimum absolute atomic E-state index is 0.0889. The van der Waals surface area contributed by atoms with Gasteiger partial charge in [0.15, 0.2) is 0 Å². The molecule has 2 rings (SSSR count). The predicted molar refractivity (Wildman–Crippen MR) is 86.2 cm³/mol. The van der Waals surface area contributed by atoms with Crippen molar-refractivity contribution >= 4 is 34.1 Å². The molecule has 6 nitrogen and oxygen atoms in total. The second-order valence-electron chi connectivity index (χ2n) is 4.37. The molecular formula is C16H14BrNO5. The molecule has 0 aliphatic rings. The van der Waals surface area contributed by atoms with E-state index in [1.165, 1.54) is 19.4 Å². The first-order chi connectivity index (χ1) is 11.1. The first kappa shape index (κ1) is 16.8. The van der Waals surface area contributed by atoms with Crippen molar-refractivity contribution in [2.45, 2.75) is 6.61 Å². The minimum Gasteiger partial charge on any atom is -0.464 e. The molecule has 0 saturated carbocycles. The molecule has 1 aromatic carbocycles. The summed E-state index contributed by atoms with van der Waals surface area (Å²) in [7, 11) is 1.21. The van der Waals surface area contributed by atoms with E-state index in [9.17, 15) is 9.59 Å². The van der Waals surface area contributed by atoms with Crippen molar-refractivity contribution in [1.82, 2.24) is 5.32 Å². The van der Waals surface area contributed by atoms with Crippen molar-refractivity contribution in [3.63, 3.8) is 0 Å². The van der Waals surface area contributed by atoms with Crippen molar-refractivity contribution in [2.24, 2.45) is 0 Å². The maximum Gasteiger partial charge on any atom is 0.412 e. The maximum atomic E-state index is 11.8. The molecule has 1 heterocycles. The Morgan fingerprint density at radius 2 is 2.00 bits per heavy atom. The van der Waals surface area contributed by atoms with Crippen LogP contribution in [0.15, 0.2) is 57.2 Å². The molecule has 0 fully saturated rings. The topological polar surface area (TPSA) is 77.8 Å². The van der Waals surface area contributed by atoms with E-state index < -0.39 is 12.1 Å². The molecule has 23 heavy (non-hydrogen) atoms. The maximum absolute atomic E-state index is 11.8. The molecule has 0 bridgehead atoms. The van der Waals surface area contributed by atoms with Gasteiger partial charge in [-0.25, -0.2) is 9.59 Å². The lowest BCUT2D eigenvalue weighted by Gasteiger charge is -2.09. The Labute approximate surface area is 141 Å². The van der Waals surface area contributed by atoms with Crippen LogP contribution in [0.2, 0.25) is 0 Å². The average Bonchev–Trinajstić information content (AvgIpc) is 2.97. The molecule has 0 aliphatic heterocycles. The summed E-state index contributed by atoms with van der Waals surface area (Å²) in [4.78, 5) is 23.6. The molecule has 0 radical (unpaired) electrons. The Bertz CT molecular complexity index is 708. The van der Waals surface area contributed by atoms with Gasteiger partial charge in [-0.2, -0.15) is 0 Å². The third-order valence-electron chi connectivity index (χ3n) is 2.77. The zero-order chi connectivity index (χ0) is 16.7. The Kier molecular flexibility index (Phi) is 5.99. The number of methoxy groups -OCH3 is 1. The Morgan fingerprint density at radius 1 is 1.26 bits per heavy atom. The van der Waals surface area contributed by atoms with Crippen LogP contribution < -0.4 is 5.32 Å². The van der Waals surface area contributed by atoms with Crippen LogP contribution in [0.1, 0.15) is 11.3 Å². The van der Waals surface area contributed by atoms with Gasteiger partial charge >= 0.3 is 12.1 Å². The number of furan rings is 1. The van der Waals surface area contributed by atoms with Gasteiger partial charge in [0.2, 0.25) is 0 Å². The van der Waals surface area contributed by atoms with Crippen LogP contribution in [0.25, 0.3) is 6.08 Å². The van der Waals surface area contributed by atoms with E-state index in [-0.39, 0.29) is 12.3 Å². The second kappa shape index (κ2) is 8.19. The highest BCUT2D eigenvalue weighted by atomic mass is 79.9. The third-order valence-corrected chi connectivity index (χ3v) is 3.43. The lowest BCUT2D eigenvalue weighted by Crippen LogP contribution is -2.28. The van der Waals surface area contributed by atoms with Crippen molar-refractivity contribution in [3.05, 3.63) is 64.2 Å². The van der Waals surface area contributed by atoms with Gasteiger partial charge in [-0.1, -0.05) is 30.3 Å². The van der Waals surface area contributed by atoms with Gasteiger partial charge in [-0.05, 0) is 27.6 Å². The van der Waals surface area contributed by atoms with E-state index in [4.69, 9.17) is 9.15 Å². The fourth-order valence-corrected chi connectivity index (χ4v) is 1.98. The van der Waals surface area contributed by atoms with Crippen LogP contribution >= 0.6 is 15.9 Å². The number of ether oxygens (including phenoxy) is 2. The highest BCUT2D eigenvalue weighted by Crippen LogP contribution is 2.20. The molecule has 0 spiro atoms. The lowest BCUT2D eigenvalue weighted by molar-refractivity contribution is -0.136. The zero-order valence-corrected chi connectivity index (χ0v) is 13.8. The highest BCUT2D eigenvalue weighted by molar-refractivity contribution is 9.10. The van der Waals surface area contributed by atoms with Crippen molar-refractivity contribution < 1.29 is 23.5 Å². The number of esters is 1. The SMILES string of the molecule is COC(=O)/C(=C/c1occc1Br)NC(=O)OCc1ccccc1. The van der Waals surface area contributed by atoms with Crippen LogP contribution in [-0.4, -0.2) is 19.2 Å². The first-order valence-corrected chi connectivity index (χ1v) is 7.40. The van der Waals surface area contributed by atoms with Gasteiger partial charge in [0.05, 0.1) is 17.8 Å². The number of nitrogens with one attached hydrogen (secondary N) is 1. The van der Waals surface area contributed by atoms with Crippen molar-refractivity contribution in [2.75, 3.05) is 7.11 Å². The smallest absolute Gasteiger partial charge is 0.412 e. The molecule has 0 unspecified atom stereocenters. The Hall–Kier alpha value is -2.54. The number of hydrogen-bond acceptors (Lipinski definition) is 5. The molecule has 120 valence electrons. The van der Waals surface area contributed by atoms with Crippen LogP contribution in [0.5, 0.6) is 0 Å². The molecule has 1 N–H and O–H groups in total. The van der Waals surface area contributed by atoms with E-state index in [1.807, 2.05) is 30.3 Å². The van der Waals surface area contributed by atoms with Crippen LogP contribution in [0.4, 0.5) is 4.79 Å². The number of hydrogen-bond donors (Lipinski definition) is 1. The average molecular weight is 380 g/mol. The molecule has 0 aliphatic carbocycles. The summed E-state index contributed by atoms with van der Waals surface area (Å²) in [6.45, 7) is 0.0889. The Morgan fingerprint density at radius 3 is 2.61 bits per heavy atom. The van der Waals surface area contributed by atoms with E-state index in [1.54, 1.807) is 6.07 Å². The normalized spacial score (nSPS) is 11.0. The fourth-order valence-electron chi connectivity index (χ4n) is 1.66. The summed E-state index contributed by atoms with van der Waals surface area (Å²) in [5.74, 6) is -0.348. The van der Waals surface area contributed by atoms with Crippen molar-refractivity contribution in [1.29, 1.82) is 0 Å². The molecule has 0 atom stereocenters.